The molecule has 1 heterocycles. The molecule has 0 radical (unpaired) electrons. The van der Waals surface area contributed by atoms with Crippen molar-refractivity contribution in [2.75, 3.05) is 18.4 Å². The molecule has 6 nitrogen and oxygen atoms in total. The fraction of sp³-hybridized carbons (Fsp3) is 0.238. The molecule has 0 saturated heterocycles. The first-order valence-electron chi connectivity index (χ1n) is 9.21. The molecule has 9 heteroatoms. The Hall–Kier alpha value is -3.33. The highest BCUT2D eigenvalue weighted by molar-refractivity contribution is 6.39. The van der Waals surface area contributed by atoms with Gasteiger partial charge in [0.05, 0.1) is 12.2 Å². The number of nitrogens with zero attached hydrogens (tertiary/aromatic N) is 1. The molecule has 158 valence electrons. The van der Waals surface area contributed by atoms with E-state index in [4.69, 9.17) is 4.84 Å². The van der Waals surface area contributed by atoms with Crippen LogP contribution in [0.15, 0.2) is 66.4 Å². The van der Waals surface area contributed by atoms with Crippen LogP contribution in [-0.2, 0) is 27.2 Å². The second-order valence-electron chi connectivity index (χ2n) is 6.64. The van der Waals surface area contributed by atoms with E-state index in [1.165, 1.54) is 17.0 Å². The number of rotatable bonds is 5. The molecule has 0 spiro atoms. The molecule has 0 aromatic heterocycles. The van der Waals surface area contributed by atoms with E-state index >= 15 is 0 Å². The lowest BCUT2D eigenvalue weighted by atomic mass is 10.1. The predicted molar refractivity (Wildman–Crippen MR) is 104 cm³/mol. The van der Waals surface area contributed by atoms with Crippen LogP contribution in [0, 0.1) is 0 Å². The Labute approximate surface area is 171 Å². The van der Waals surface area contributed by atoms with Crippen LogP contribution in [0.25, 0.3) is 0 Å². The number of carbonyl (C=O) groups is 2. The number of hydroxylamine groups is 1. The summed E-state index contributed by atoms with van der Waals surface area (Å²) in [4.78, 5) is 31.0. The van der Waals surface area contributed by atoms with Gasteiger partial charge in [-0.25, -0.2) is 0 Å². The van der Waals surface area contributed by atoms with Crippen LogP contribution >= 0.6 is 0 Å². The number of nitrogens with one attached hydrogen (secondary N) is 2. The van der Waals surface area contributed by atoms with Crippen LogP contribution in [-0.4, -0.2) is 29.8 Å². The summed E-state index contributed by atoms with van der Waals surface area (Å²) in [6, 6.07) is 13.6. The minimum absolute atomic E-state index is 0.0522. The van der Waals surface area contributed by atoms with Gasteiger partial charge in [-0.05, 0) is 35.9 Å². The summed E-state index contributed by atoms with van der Waals surface area (Å²) in [5.74, 6) is -1.36. The smallest absolute Gasteiger partial charge is 0.330 e. The van der Waals surface area contributed by atoms with E-state index < -0.39 is 23.6 Å². The van der Waals surface area contributed by atoms with Gasteiger partial charge in [0.1, 0.15) is 0 Å². The molecule has 1 aliphatic rings. The standard InChI is InChI=1S/C21H20F3N3O3/c22-21(23,24)16-6-4-5-15(13-16)14-30-26-18-9-11-27(12-10-18)20(29)19(28)25-17-7-2-1-3-8-17/h1-9,13,26H,10-12,14H2,(H,25,28). The lowest BCUT2D eigenvalue weighted by Gasteiger charge is -2.26. The number of halogens is 3. The molecule has 2 aromatic carbocycles. The second-order valence-corrected chi connectivity index (χ2v) is 6.64. The van der Waals surface area contributed by atoms with Crippen molar-refractivity contribution in [3.05, 3.63) is 77.5 Å². The molecule has 3 rings (SSSR count). The molecule has 0 unspecified atom stereocenters. The van der Waals surface area contributed by atoms with Crippen molar-refractivity contribution in [1.29, 1.82) is 0 Å². The summed E-state index contributed by atoms with van der Waals surface area (Å²) >= 11 is 0. The zero-order chi connectivity index (χ0) is 21.6. The van der Waals surface area contributed by atoms with E-state index in [-0.39, 0.29) is 13.2 Å². The lowest BCUT2D eigenvalue weighted by Crippen LogP contribution is -2.42. The average Bonchev–Trinajstić information content (AvgIpc) is 2.74. The minimum atomic E-state index is -4.40. The normalized spacial score (nSPS) is 14.1. The van der Waals surface area contributed by atoms with Crippen molar-refractivity contribution in [2.45, 2.75) is 19.2 Å². The highest BCUT2D eigenvalue weighted by Crippen LogP contribution is 2.29. The Morgan fingerprint density at radius 2 is 1.83 bits per heavy atom. The van der Waals surface area contributed by atoms with Crippen molar-refractivity contribution in [3.8, 4) is 0 Å². The molecule has 2 N–H and O–H groups in total. The van der Waals surface area contributed by atoms with Crippen LogP contribution in [0.2, 0.25) is 0 Å². The monoisotopic (exact) mass is 419 g/mol. The first-order chi connectivity index (χ1) is 14.3. The van der Waals surface area contributed by atoms with E-state index in [0.717, 1.165) is 12.1 Å². The van der Waals surface area contributed by atoms with Crippen molar-refractivity contribution in [3.63, 3.8) is 0 Å². The van der Waals surface area contributed by atoms with Crippen LogP contribution < -0.4 is 10.8 Å². The molecule has 1 aliphatic heterocycles. The van der Waals surface area contributed by atoms with Crippen molar-refractivity contribution < 1.29 is 27.6 Å². The lowest BCUT2D eigenvalue weighted by molar-refractivity contribution is -0.143. The first kappa shape index (κ1) is 21.4. The van der Waals surface area contributed by atoms with Crippen LogP contribution in [0.1, 0.15) is 17.5 Å². The first-order valence-corrected chi connectivity index (χ1v) is 9.21. The molecule has 0 saturated carbocycles. The number of amides is 2. The Bertz CT molecular complexity index is 930. The number of para-hydroxylation sites is 1. The number of alkyl halides is 3. The van der Waals surface area contributed by atoms with Crippen molar-refractivity contribution in [1.82, 2.24) is 10.4 Å². The summed E-state index contributed by atoms with van der Waals surface area (Å²) in [7, 11) is 0. The zero-order valence-corrected chi connectivity index (χ0v) is 15.9. The summed E-state index contributed by atoms with van der Waals surface area (Å²) in [5.41, 5.74) is 3.57. The molecular formula is C21H20F3N3O3. The Kier molecular flexibility index (Phi) is 6.73. The van der Waals surface area contributed by atoms with E-state index in [9.17, 15) is 22.8 Å². The third-order valence-electron chi connectivity index (χ3n) is 4.42. The molecule has 2 aromatic rings. The number of hydrogen-bond donors (Lipinski definition) is 2. The van der Waals surface area contributed by atoms with Crippen LogP contribution in [0.5, 0.6) is 0 Å². The van der Waals surface area contributed by atoms with Gasteiger partial charge in [0, 0.05) is 30.9 Å². The molecule has 0 atom stereocenters. The van der Waals surface area contributed by atoms with E-state index in [1.807, 2.05) is 0 Å². The van der Waals surface area contributed by atoms with Gasteiger partial charge < -0.3 is 10.2 Å². The van der Waals surface area contributed by atoms with E-state index in [0.29, 0.717) is 29.9 Å². The van der Waals surface area contributed by atoms with Gasteiger partial charge >= 0.3 is 18.0 Å². The van der Waals surface area contributed by atoms with Crippen molar-refractivity contribution >= 4 is 17.5 Å². The number of anilines is 1. The van der Waals surface area contributed by atoms with E-state index in [1.54, 1.807) is 36.4 Å². The number of benzene rings is 2. The summed E-state index contributed by atoms with van der Waals surface area (Å²) in [5, 5.41) is 2.55. The fourth-order valence-corrected chi connectivity index (χ4v) is 2.85. The highest BCUT2D eigenvalue weighted by atomic mass is 19.4. The fourth-order valence-electron chi connectivity index (χ4n) is 2.85. The van der Waals surface area contributed by atoms with Gasteiger partial charge in [-0.3, -0.25) is 19.9 Å². The molecule has 0 fully saturated rings. The number of hydrogen-bond acceptors (Lipinski definition) is 4. The third-order valence-corrected chi connectivity index (χ3v) is 4.42. The zero-order valence-electron chi connectivity index (χ0n) is 15.9. The van der Waals surface area contributed by atoms with Crippen molar-refractivity contribution in [2.24, 2.45) is 0 Å². The topological polar surface area (TPSA) is 70.7 Å². The SMILES string of the molecule is O=C(Nc1ccccc1)C(=O)N1CC=C(NOCc2cccc(C(F)(F)F)c2)CC1. The quantitative estimate of drug-likeness (QED) is 0.575. The second kappa shape index (κ2) is 9.45. The van der Waals surface area contributed by atoms with Gasteiger partial charge in [-0.2, -0.15) is 13.2 Å². The summed E-state index contributed by atoms with van der Waals surface area (Å²) < 4.78 is 38.2. The molecule has 2 amide bonds. The Morgan fingerprint density at radius 1 is 1.07 bits per heavy atom. The van der Waals surface area contributed by atoms with Gasteiger partial charge in [-0.15, -0.1) is 0 Å². The maximum atomic E-state index is 12.7. The molecule has 0 aliphatic carbocycles. The largest absolute Gasteiger partial charge is 0.416 e. The molecular weight excluding hydrogens is 399 g/mol. The Balaban J connectivity index is 1.46. The van der Waals surface area contributed by atoms with Crippen LogP contribution in [0.3, 0.4) is 0 Å². The maximum Gasteiger partial charge on any atom is 0.416 e. The number of carbonyl (C=O) groups excluding carboxylic acids is 2. The Morgan fingerprint density at radius 3 is 2.50 bits per heavy atom. The van der Waals surface area contributed by atoms with Gasteiger partial charge in [-0.1, -0.05) is 30.3 Å². The van der Waals surface area contributed by atoms with Crippen LogP contribution in [0.4, 0.5) is 18.9 Å². The molecule has 0 bridgehead atoms. The predicted octanol–water partition coefficient (Wildman–Crippen LogP) is 3.48. The summed E-state index contributed by atoms with van der Waals surface area (Å²) in [6.07, 6.45) is -2.28. The van der Waals surface area contributed by atoms with E-state index in [2.05, 4.69) is 10.8 Å². The van der Waals surface area contributed by atoms with Gasteiger partial charge in [0.2, 0.25) is 0 Å². The maximum absolute atomic E-state index is 12.7. The third kappa shape index (κ3) is 5.84. The average molecular weight is 419 g/mol. The van der Waals surface area contributed by atoms with Gasteiger partial charge in [0.15, 0.2) is 0 Å². The minimum Gasteiger partial charge on any atom is -0.330 e. The summed E-state index contributed by atoms with van der Waals surface area (Å²) in [6.45, 7) is 0.479. The highest BCUT2D eigenvalue weighted by Gasteiger charge is 2.30. The van der Waals surface area contributed by atoms with Gasteiger partial charge in [0.25, 0.3) is 0 Å². The molecule has 30 heavy (non-hydrogen) atoms.